The summed E-state index contributed by atoms with van der Waals surface area (Å²) in [5.74, 6) is 1.27. The van der Waals surface area contributed by atoms with Crippen LogP contribution >= 0.6 is 0 Å². The van der Waals surface area contributed by atoms with Gasteiger partial charge in [-0.3, -0.25) is 9.89 Å². The molecule has 1 heterocycles. The van der Waals surface area contributed by atoms with Gasteiger partial charge in [-0.25, -0.2) is 4.68 Å². The summed E-state index contributed by atoms with van der Waals surface area (Å²) in [5.41, 5.74) is 0.475. The molecular formula is C11H12N2O3. The minimum Gasteiger partial charge on any atom is -0.497 e. The Morgan fingerprint density at radius 3 is 2.56 bits per heavy atom. The highest BCUT2D eigenvalue weighted by Crippen LogP contribution is 2.25. The van der Waals surface area contributed by atoms with E-state index >= 15 is 0 Å². The van der Waals surface area contributed by atoms with Gasteiger partial charge in [-0.15, -0.1) is 0 Å². The molecule has 84 valence electrons. The van der Waals surface area contributed by atoms with Gasteiger partial charge in [0.25, 0.3) is 5.56 Å². The highest BCUT2D eigenvalue weighted by Gasteiger charge is 2.08. The molecule has 0 radical (unpaired) electrons. The lowest BCUT2D eigenvalue weighted by atomic mass is 10.2. The van der Waals surface area contributed by atoms with Crippen molar-refractivity contribution in [2.45, 2.75) is 0 Å². The van der Waals surface area contributed by atoms with Crippen molar-refractivity contribution in [2.24, 2.45) is 0 Å². The van der Waals surface area contributed by atoms with E-state index in [1.807, 2.05) is 0 Å². The van der Waals surface area contributed by atoms with Crippen molar-refractivity contribution < 1.29 is 9.47 Å². The number of benzene rings is 1. The van der Waals surface area contributed by atoms with Crippen molar-refractivity contribution in [3.8, 4) is 17.2 Å². The van der Waals surface area contributed by atoms with Crippen LogP contribution < -0.4 is 15.0 Å². The Balaban J connectivity index is 2.62. The highest BCUT2D eigenvalue weighted by molar-refractivity contribution is 5.50. The first-order valence-corrected chi connectivity index (χ1v) is 4.75. The van der Waals surface area contributed by atoms with Crippen LogP contribution in [0.15, 0.2) is 35.3 Å². The molecule has 1 N–H and O–H groups in total. The number of hydrogen-bond acceptors (Lipinski definition) is 3. The molecule has 2 rings (SSSR count). The zero-order chi connectivity index (χ0) is 11.5. The van der Waals surface area contributed by atoms with E-state index in [0.29, 0.717) is 17.2 Å². The predicted octanol–water partition coefficient (Wildman–Crippen LogP) is 1.18. The van der Waals surface area contributed by atoms with Crippen molar-refractivity contribution in [1.29, 1.82) is 0 Å². The van der Waals surface area contributed by atoms with Crippen LogP contribution in [0, 0.1) is 0 Å². The molecule has 0 spiro atoms. The molecule has 0 amide bonds. The molecule has 16 heavy (non-hydrogen) atoms. The first kappa shape index (κ1) is 10.4. The fraction of sp³-hybridized carbons (Fsp3) is 0.182. The topological polar surface area (TPSA) is 56.2 Å². The molecule has 1 aromatic heterocycles. The lowest BCUT2D eigenvalue weighted by Crippen LogP contribution is -2.14. The van der Waals surface area contributed by atoms with Gasteiger partial charge in [-0.1, -0.05) is 0 Å². The van der Waals surface area contributed by atoms with E-state index in [0.717, 1.165) is 0 Å². The minimum atomic E-state index is -0.147. The van der Waals surface area contributed by atoms with Crippen LogP contribution in [0.25, 0.3) is 5.69 Å². The van der Waals surface area contributed by atoms with Gasteiger partial charge in [0.05, 0.1) is 14.2 Å². The smallest absolute Gasteiger partial charge is 0.271 e. The van der Waals surface area contributed by atoms with Gasteiger partial charge >= 0.3 is 0 Å². The number of rotatable bonds is 3. The summed E-state index contributed by atoms with van der Waals surface area (Å²) in [6.45, 7) is 0. The molecule has 0 saturated heterocycles. The third-order valence-electron chi connectivity index (χ3n) is 2.28. The second kappa shape index (κ2) is 4.14. The van der Waals surface area contributed by atoms with E-state index in [4.69, 9.17) is 9.47 Å². The average molecular weight is 220 g/mol. The molecule has 1 aromatic carbocycles. The summed E-state index contributed by atoms with van der Waals surface area (Å²) >= 11 is 0. The minimum absolute atomic E-state index is 0.147. The Labute approximate surface area is 92.2 Å². The van der Waals surface area contributed by atoms with E-state index in [2.05, 4.69) is 5.10 Å². The number of aromatic nitrogens is 2. The van der Waals surface area contributed by atoms with Gasteiger partial charge in [0.15, 0.2) is 0 Å². The van der Waals surface area contributed by atoms with Crippen molar-refractivity contribution in [3.63, 3.8) is 0 Å². The SMILES string of the molecule is COc1ccc(OC)c(-n2[nH]ccc2=O)c1. The summed E-state index contributed by atoms with van der Waals surface area (Å²) < 4.78 is 11.7. The van der Waals surface area contributed by atoms with Crippen LogP contribution in [0.4, 0.5) is 0 Å². The van der Waals surface area contributed by atoms with Gasteiger partial charge < -0.3 is 9.47 Å². The van der Waals surface area contributed by atoms with Crippen LogP contribution in [-0.2, 0) is 0 Å². The molecule has 0 atom stereocenters. The van der Waals surface area contributed by atoms with Crippen LogP contribution in [-0.4, -0.2) is 24.0 Å². The number of hydrogen-bond donors (Lipinski definition) is 1. The summed E-state index contributed by atoms with van der Waals surface area (Å²) in [4.78, 5) is 11.5. The van der Waals surface area contributed by atoms with E-state index in [-0.39, 0.29) is 5.56 Å². The fourth-order valence-corrected chi connectivity index (χ4v) is 1.48. The third kappa shape index (κ3) is 1.67. The summed E-state index contributed by atoms with van der Waals surface area (Å²) in [6, 6.07) is 6.70. The molecule has 0 bridgehead atoms. The predicted molar refractivity (Wildman–Crippen MR) is 59.5 cm³/mol. The van der Waals surface area contributed by atoms with Crippen LogP contribution in [0.3, 0.4) is 0 Å². The van der Waals surface area contributed by atoms with Crippen molar-refractivity contribution in [2.75, 3.05) is 14.2 Å². The van der Waals surface area contributed by atoms with E-state index < -0.39 is 0 Å². The second-order valence-corrected chi connectivity index (χ2v) is 3.17. The molecule has 0 fully saturated rings. The van der Waals surface area contributed by atoms with E-state index in [9.17, 15) is 4.79 Å². The van der Waals surface area contributed by atoms with Gasteiger partial charge in [0.1, 0.15) is 17.2 Å². The van der Waals surface area contributed by atoms with E-state index in [1.165, 1.54) is 10.7 Å². The van der Waals surface area contributed by atoms with Gasteiger partial charge in [0, 0.05) is 18.3 Å². The molecule has 5 heteroatoms. The number of nitrogens with zero attached hydrogens (tertiary/aromatic N) is 1. The maximum absolute atomic E-state index is 11.5. The molecular weight excluding hydrogens is 208 g/mol. The van der Waals surface area contributed by atoms with Crippen molar-refractivity contribution in [1.82, 2.24) is 9.78 Å². The Morgan fingerprint density at radius 1 is 1.19 bits per heavy atom. The zero-order valence-electron chi connectivity index (χ0n) is 9.06. The third-order valence-corrected chi connectivity index (χ3v) is 2.28. The fourth-order valence-electron chi connectivity index (χ4n) is 1.48. The Bertz CT molecular complexity index is 542. The first-order valence-electron chi connectivity index (χ1n) is 4.75. The van der Waals surface area contributed by atoms with Crippen LogP contribution in [0.5, 0.6) is 11.5 Å². The molecule has 5 nitrogen and oxygen atoms in total. The first-order chi connectivity index (χ1) is 7.76. The lowest BCUT2D eigenvalue weighted by molar-refractivity contribution is 0.400. The lowest BCUT2D eigenvalue weighted by Gasteiger charge is -2.10. The Morgan fingerprint density at radius 2 is 2.00 bits per heavy atom. The summed E-state index contributed by atoms with van der Waals surface area (Å²) in [7, 11) is 3.13. The summed E-state index contributed by atoms with van der Waals surface area (Å²) in [6.07, 6.45) is 1.57. The number of methoxy groups -OCH3 is 2. The molecule has 2 aromatic rings. The maximum Gasteiger partial charge on any atom is 0.271 e. The van der Waals surface area contributed by atoms with Crippen molar-refractivity contribution >= 4 is 0 Å². The van der Waals surface area contributed by atoms with Crippen molar-refractivity contribution in [3.05, 3.63) is 40.8 Å². The molecule has 0 aliphatic heterocycles. The Kier molecular flexibility index (Phi) is 2.68. The molecule has 0 aliphatic carbocycles. The van der Waals surface area contributed by atoms with Crippen LogP contribution in [0.2, 0.25) is 0 Å². The normalized spacial score (nSPS) is 10.1. The number of aromatic amines is 1. The second-order valence-electron chi connectivity index (χ2n) is 3.17. The highest BCUT2D eigenvalue weighted by atomic mass is 16.5. The largest absolute Gasteiger partial charge is 0.497 e. The quantitative estimate of drug-likeness (QED) is 0.845. The maximum atomic E-state index is 11.5. The van der Waals surface area contributed by atoms with Gasteiger partial charge in [0.2, 0.25) is 0 Å². The van der Waals surface area contributed by atoms with E-state index in [1.54, 1.807) is 38.6 Å². The Hall–Kier alpha value is -2.17. The van der Waals surface area contributed by atoms with Gasteiger partial charge in [-0.05, 0) is 12.1 Å². The monoisotopic (exact) mass is 220 g/mol. The average Bonchev–Trinajstić information content (AvgIpc) is 2.74. The molecule has 0 aliphatic rings. The van der Waals surface area contributed by atoms with Crippen LogP contribution in [0.1, 0.15) is 0 Å². The molecule has 0 unspecified atom stereocenters. The number of H-pyrrole nitrogens is 1. The number of ether oxygens (including phenoxy) is 2. The zero-order valence-corrected chi connectivity index (χ0v) is 9.06. The standard InChI is InChI=1S/C11H12N2O3/c1-15-8-3-4-10(16-2)9(7-8)13-11(14)5-6-12-13/h3-7,12H,1-2H3. The van der Waals surface area contributed by atoms with Gasteiger partial charge in [-0.2, -0.15) is 0 Å². The number of nitrogens with one attached hydrogen (secondary N) is 1. The molecule has 0 saturated carbocycles. The summed E-state index contributed by atoms with van der Waals surface area (Å²) in [5, 5.41) is 2.82.